The quantitative estimate of drug-likeness (QED) is 0.921. The van der Waals surface area contributed by atoms with Gasteiger partial charge in [-0.25, -0.2) is 0 Å². The lowest BCUT2D eigenvalue weighted by Gasteiger charge is -2.06. The molecule has 1 fully saturated rings. The lowest BCUT2D eigenvalue weighted by atomic mass is 10.2. The summed E-state index contributed by atoms with van der Waals surface area (Å²) in [5, 5.41) is 8.00. The first kappa shape index (κ1) is 12.8. The van der Waals surface area contributed by atoms with Gasteiger partial charge in [0.05, 0.1) is 12.7 Å². The Bertz CT molecular complexity index is 575. The van der Waals surface area contributed by atoms with Gasteiger partial charge >= 0.3 is 0 Å². The molecule has 0 amide bonds. The summed E-state index contributed by atoms with van der Waals surface area (Å²) in [7, 11) is 0. The van der Waals surface area contributed by atoms with E-state index in [0.29, 0.717) is 0 Å². The number of rotatable bonds is 5. The molecule has 0 aromatic carbocycles. The number of aromatic nitrogens is 3. The van der Waals surface area contributed by atoms with E-state index in [1.165, 1.54) is 24.1 Å². The summed E-state index contributed by atoms with van der Waals surface area (Å²) in [5.74, 6) is 0. The Morgan fingerprint density at radius 1 is 1.37 bits per heavy atom. The Hall–Kier alpha value is -1.20. The minimum Gasteiger partial charge on any atom is -0.310 e. The van der Waals surface area contributed by atoms with E-state index < -0.39 is 0 Å². The van der Waals surface area contributed by atoms with Gasteiger partial charge in [0.25, 0.3) is 0 Å². The van der Waals surface area contributed by atoms with Crippen molar-refractivity contribution in [1.82, 2.24) is 20.1 Å². The van der Waals surface area contributed by atoms with E-state index in [2.05, 4.69) is 44.3 Å². The first-order chi connectivity index (χ1) is 9.22. The molecule has 0 radical (unpaired) electrons. The number of hydrogen-bond donors (Lipinski definition) is 1. The second kappa shape index (κ2) is 5.43. The van der Waals surface area contributed by atoms with Crippen LogP contribution in [0.25, 0.3) is 0 Å². The van der Waals surface area contributed by atoms with Crippen molar-refractivity contribution in [2.45, 2.75) is 38.9 Å². The van der Waals surface area contributed by atoms with Gasteiger partial charge in [0.1, 0.15) is 0 Å². The van der Waals surface area contributed by atoms with Crippen molar-refractivity contribution >= 4 is 15.9 Å². The zero-order valence-electron chi connectivity index (χ0n) is 10.9. The van der Waals surface area contributed by atoms with Crippen LogP contribution in [-0.4, -0.2) is 20.8 Å². The Balaban J connectivity index is 1.70. The van der Waals surface area contributed by atoms with Crippen LogP contribution in [0.4, 0.5) is 0 Å². The van der Waals surface area contributed by atoms with Crippen molar-refractivity contribution in [3.8, 4) is 0 Å². The fourth-order valence-electron chi connectivity index (χ4n) is 2.08. The topological polar surface area (TPSA) is 42.7 Å². The van der Waals surface area contributed by atoms with Crippen molar-refractivity contribution in [3.63, 3.8) is 0 Å². The largest absolute Gasteiger partial charge is 0.310 e. The van der Waals surface area contributed by atoms with Gasteiger partial charge in [0, 0.05) is 40.7 Å². The van der Waals surface area contributed by atoms with E-state index in [1.54, 1.807) is 6.20 Å². The Kier molecular flexibility index (Phi) is 3.66. The van der Waals surface area contributed by atoms with Gasteiger partial charge in [-0.05, 0) is 47.3 Å². The fraction of sp³-hybridized carbons (Fsp3) is 0.429. The molecule has 0 spiro atoms. The summed E-state index contributed by atoms with van der Waals surface area (Å²) < 4.78 is 3.04. The van der Waals surface area contributed by atoms with Crippen LogP contribution in [-0.2, 0) is 13.1 Å². The summed E-state index contributed by atoms with van der Waals surface area (Å²) in [6.07, 6.45) is 8.28. The van der Waals surface area contributed by atoms with E-state index in [9.17, 15) is 0 Å². The Labute approximate surface area is 121 Å². The van der Waals surface area contributed by atoms with Crippen molar-refractivity contribution < 1.29 is 0 Å². The highest BCUT2D eigenvalue weighted by atomic mass is 79.9. The molecule has 3 rings (SSSR count). The van der Waals surface area contributed by atoms with E-state index in [-0.39, 0.29) is 0 Å². The molecule has 1 aliphatic carbocycles. The lowest BCUT2D eigenvalue weighted by molar-refractivity contribution is 0.652. The van der Waals surface area contributed by atoms with E-state index in [1.807, 2.05) is 17.1 Å². The van der Waals surface area contributed by atoms with Gasteiger partial charge in [0.15, 0.2) is 0 Å². The van der Waals surface area contributed by atoms with Gasteiger partial charge in [-0.1, -0.05) is 0 Å². The second-order valence-electron chi connectivity index (χ2n) is 5.08. The number of pyridine rings is 1. The number of halogens is 1. The molecule has 0 aliphatic heterocycles. The maximum atomic E-state index is 4.47. The van der Waals surface area contributed by atoms with Crippen molar-refractivity contribution in [3.05, 3.63) is 46.0 Å². The highest BCUT2D eigenvalue weighted by Gasteiger charge is 2.20. The first-order valence-corrected chi connectivity index (χ1v) is 7.36. The Morgan fingerprint density at radius 2 is 2.21 bits per heavy atom. The third-order valence-electron chi connectivity index (χ3n) is 3.46. The van der Waals surface area contributed by atoms with Crippen LogP contribution < -0.4 is 5.32 Å². The molecule has 100 valence electrons. The smallest absolute Gasteiger partial charge is 0.0677 e. The van der Waals surface area contributed by atoms with E-state index >= 15 is 0 Å². The van der Waals surface area contributed by atoms with Gasteiger partial charge in [0.2, 0.25) is 0 Å². The Morgan fingerprint density at radius 3 is 2.95 bits per heavy atom. The van der Waals surface area contributed by atoms with E-state index in [0.717, 1.165) is 29.2 Å². The average molecular weight is 321 g/mol. The molecule has 19 heavy (non-hydrogen) atoms. The number of nitrogens with zero attached hydrogens (tertiary/aromatic N) is 3. The standard InChI is InChI=1S/C14H17BrN4/c1-10-12(6-17-14-2-3-14)7-18-19(10)9-11-4-13(15)8-16-5-11/h4-5,7-8,14,17H,2-3,6,9H2,1H3. The normalized spacial score (nSPS) is 14.8. The SMILES string of the molecule is Cc1c(CNC2CC2)cnn1Cc1cncc(Br)c1. The predicted octanol–water partition coefficient (Wildman–Crippen LogP) is 2.65. The third kappa shape index (κ3) is 3.22. The summed E-state index contributed by atoms with van der Waals surface area (Å²) in [4.78, 5) is 4.18. The highest BCUT2D eigenvalue weighted by Crippen LogP contribution is 2.20. The molecule has 2 aromatic heterocycles. The van der Waals surface area contributed by atoms with Crippen LogP contribution in [0.3, 0.4) is 0 Å². The van der Waals surface area contributed by atoms with Crippen molar-refractivity contribution in [1.29, 1.82) is 0 Å². The molecule has 0 saturated heterocycles. The van der Waals surface area contributed by atoms with Gasteiger partial charge in [-0.15, -0.1) is 0 Å². The summed E-state index contributed by atoms with van der Waals surface area (Å²) in [6, 6.07) is 2.81. The van der Waals surface area contributed by atoms with Gasteiger partial charge < -0.3 is 5.32 Å². The molecule has 0 atom stereocenters. The third-order valence-corrected chi connectivity index (χ3v) is 3.89. The molecule has 2 heterocycles. The van der Waals surface area contributed by atoms with Crippen LogP contribution in [0.1, 0.15) is 29.7 Å². The maximum absolute atomic E-state index is 4.47. The number of hydrogen-bond acceptors (Lipinski definition) is 3. The molecule has 0 bridgehead atoms. The van der Waals surface area contributed by atoms with Crippen LogP contribution >= 0.6 is 15.9 Å². The minimum atomic E-state index is 0.733. The summed E-state index contributed by atoms with van der Waals surface area (Å²) in [5.41, 5.74) is 3.67. The summed E-state index contributed by atoms with van der Waals surface area (Å²) in [6.45, 7) is 3.82. The zero-order valence-corrected chi connectivity index (χ0v) is 12.5. The predicted molar refractivity (Wildman–Crippen MR) is 77.9 cm³/mol. The average Bonchev–Trinajstić information content (AvgIpc) is 3.15. The fourth-order valence-corrected chi connectivity index (χ4v) is 2.49. The molecule has 2 aromatic rings. The summed E-state index contributed by atoms with van der Waals surface area (Å²) >= 11 is 3.44. The van der Waals surface area contributed by atoms with Crippen LogP contribution in [0.15, 0.2) is 29.1 Å². The van der Waals surface area contributed by atoms with Crippen LogP contribution in [0.2, 0.25) is 0 Å². The second-order valence-corrected chi connectivity index (χ2v) is 6.00. The molecule has 5 heteroatoms. The van der Waals surface area contributed by atoms with Crippen LogP contribution in [0, 0.1) is 6.92 Å². The van der Waals surface area contributed by atoms with Crippen molar-refractivity contribution in [2.75, 3.05) is 0 Å². The molecule has 1 aliphatic rings. The molecule has 0 unspecified atom stereocenters. The molecular formula is C14H17BrN4. The molecule has 1 saturated carbocycles. The maximum Gasteiger partial charge on any atom is 0.0677 e. The lowest BCUT2D eigenvalue weighted by Crippen LogP contribution is -2.16. The van der Waals surface area contributed by atoms with Gasteiger partial charge in [-0.2, -0.15) is 5.10 Å². The molecule has 1 N–H and O–H groups in total. The number of nitrogens with one attached hydrogen (secondary N) is 1. The minimum absolute atomic E-state index is 0.733. The monoisotopic (exact) mass is 320 g/mol. The van der Waals surface area contributed by atoms with Gasteiger partial charge in [-0.3, -0.25) is 9.67 Å². The molecule has 4 nitrogen and oxygen atoms in total. The zero-order chi connectivity index (χ0) is 13.2. The van der Waals surface area contributed by atoms with E-state index in [4.69, 9.17) is 0 Å². The van der Waals surface area contributed by atoms with Crippen molar-refractivity contribution in [2.24, 2.45) is 0 Å². The van der Waals surface area contributed by atoms with Crippen LogP contribution in [0.5, 0.6) is 0 Å². The highest BCUT2D eigenvalue weighted by molar-refractivity contribution is 9.10. The molecular weight excluding hydrogens is 304 g/mol. The first-order valence-electron chi connectivity index (χ1n) is 6.56.